The maximum atomic E-state index is 4.75. The van der Waals surface area contributed by atoms with Crippen LogP contribution in [0.15, 0.2) is 47.2 Å². The molecule has 0 radical (unpaired) electrons. The van der Waals surface area contributed by atoms with E-state index in [4.69, 9.17) is 4.98 Å². The molecule has 0 unspecified atom stereocenters. The van der Waals surface area contributed by atoms with Crippen molar-refractivity contribution in [2.24, 2.45) is 0 Å². The fourth-order valence-corrected chi connectivity index (χ4v) is 2.79. The summed E-state index contributed by atoms with van der Waals surface area (Å²) in [5, 5.41) is 7.27. The lowest BCUT2D eigenvalue weighted by molar-refractivity contribution is 1.14. The molecular weight excluding hydrogens is 266 g/mol. The zero-order valence-electron chi connectivity index (χ0n) is 11.4. The van der Waals surface area contributed by atoms with Gasteiger partial charge in [-0.1, -0.05) is 30.3 Å². The van der Waals surface area contributed by atoms with Crippen molar-refractivity contribution in [3.63, 3.8) is 0 Å². The van der Waals surface area contributed by atoms with E-state index in [0.29, 0.717) is 0 Å². The molecule has 3 aromatic rings. The van der Waals surface area contributed by atoms with Crippen molar-refractivity contribution in [3.8, 4) is 22.6 Å². The lowest BCUT2D eigenvalue weighted by Gasteiger charge is -2.12. The van der Waals surface area contributed by atoms with Crippen molar-refractivity contribution < 1.29 is 0 Å². The van der Waals surface area contributed by atoms with E-state index in [-0.39, 0.29) is 0 Å². The summed E-state index contributed by atoms with van der Waals surface area (Å²) in [5.74, 6) is 1.64. The Morgan fingerprint density at radius 3 is 2.45 bits per heavy atom. The van der Waals surface area contributed by atoms with E-state index < -0.39 is 0 Å². The maximum absolute atomic E-state index is 4.75. The Kier molecular flexibility index (Phi) is 3.48. The third-order valence-electron chi connectivity index (χ3n) is 3.21. The van der Waals surface area contributed by atoms with Gasteiger partial charge in [-0.25, -0.2) is 9.97 Å². The van der Waals surface area contributed by atoms with Crippen LogP contribution < -0.4 is 5.32 Å². The normalized spacial score (nSPS) is 10.5. The predicted octanol–water partition coefficient (Wildman–Crippen LogP) is 4.22. The average molecular weight is 281 g/mol. The van der Waals surface area contributed by atoms with Crippen molar-refractivity contribution in [2.75, 3.05) is 12.4 Å². The first-order chi connectivity index (χ1) is 9.79. The van der Waals surface area contributed by atoms with Gasteiger partial charge in [-0.05, 0) is 18.4 Å². The minimum absolute atomic E-state index is 0.764. The van der Waals surface area contributed by atoms with Crippen molar-refractivity contribution in [3.05, 3.63) is 52.7 Å². The molecule has 0 aliphatic heterocycles. The van der Waals surface area contributed by atoms with Gasteiger partial charge in [0.15, 0.2) is 5.82 Å². The standard InChI is InChI=1S/C16H15N3S/c1-11-14(12-6-4-3-5-7-12)18-16(19-15(11)17-2)13-8-9-20-10-13/h3-10H,1-2H3,(H,17,18,19). The SMILES string of the molecule is CNc1nc(-c2ccsc2)nc(-c2ccccc2)c1C. The number of rotatable bonds is 3. The van der Waals surface area contributed by atoms with Gasteiger partial charge >= 0.3 is 0 Å². The Bertz CT molecular complexity index is 706. The number of hydrogen-bond donors (Lipinski definition) is 1. The summed E-state index contributed by atoms with van der Waals surface area (Å²) < 4.78 is 0. The predicted molar refractivity (Wildman–Crippen MR) is 85.1 cm³/mol. The molecule has 0 saturated heterocycles. The lowest BCUT2D eigenvalue weighted by atomic mass is 10.1. The molecular formula is C16H15N3S. The summed E-state index contributed by atoms with van der Waals surface area (Å²) in [5.41, 5.74) is 4.22. The largest absolute Gasteiger partial charge is 0.373 e. The fraction of sp³-hybridized carbons (Fsp3) is 0.125. The van der Waals surface area contributed by atoms with Gasteiger partial charge in [0, 0.05) is 29.1 Å². The van der Waals surface area contributed by atoms with Crippen molar-refractivity contribution >= 4 is 17.2 Å². The van der Waals surface area contributed by atoms with E-state index in [1.807, 2.05) is 43.6 Å². The van der Waals surface area contributed by atoms with E-state index in [9.17, 15) is 0 Å². The molecule has 0 saturated carbocycles. The Morgan fingerprint density at radius 1 is 1.00 bits per heavy atom. The third-order valence-corrected chi connectivity index (χ3v) is 3.89. The molecule has 3 rings (SSSR count). The van der Waals surface area contributed by atoms with Crippen LogP contribution in [0.25, 0.3) is 22.6 Å². The smallest absolute Gasteiger partial charge is 0.162 e. The average Bonchev–Trinajstić information content (AvgIpc) is 3.03. The fourth-order valence-electron chi connectivity index (χ4n) is 2.16. The first-order valence-corrected chi connectivity index (χ1v) is 7.38. The van der Waals surface area contributed by atoms with Crippen molar-refractivity contribution in [1.29, 1.82) is 0 Å². The summed E-state index contributed by atoms with van der Waals surface area (Å²) in [6.45, 7) is 2.05. The number of anilines is 1. The van der Waals surface area contributed by atoms with E-state index in [1.165, 1.54) is 0 Å². The number of hydrogen-bond acceptors (Lipinski definition) is 4. The number of aromatic nitrogens is 2. The van der Waals surface area contributed by atoms with Crippen molar-refractivity contribution in [1.82, 2.24) is 9.97 Å². The van der Waals surface area contributed by atoms with Gasteiger partial charge in [-0.2, -0.15) is 11.3 Å². The van der Waals surface area contributed by atoms with Crippen LogP contribution in [0.1, 0.15) is 5.56 Å². The van der Waals surface area contributed by atoms with Crippen LogP contribution in [0.4, 0.5) is 5.82 Å². The molecule has 0 atom stereocenters. The molecule has 20 heavy (non-hydrogen) atoms. The van der Waals surface area contributed by atoms with E-state index in [2.05, 4.69) is 27.8 Å². The number of benzene rings is 1. The minimum Gasteiger partial charge on any atom is -0.373 e. The minimum atomic E-state index is 0.764. The lowest BCUT2D eigenvalue weighted by Crippen LogP contribution is -2.02. The van der Waals surface area contributed by atoms with Crippen LogP contribution in [0.5, 0.6) is 0 Å². The van der Waals surface area contributed by atoms with Gasteiger partial charge < -0.3 is 5.32 Å². The summed E-state index contributed by atoms with van der Waals surface area (Å²) in [6.07, 6.45) is 0. The molecule has 0 aliphatic rings. The molecule has 0 fully saturated rings. The van der Waals surface area contributed by atoms with E-state index in [0.717, 1.165) is 34.0 Å². The van der Waals surface area contributed by atoms with Crippen LogP contribution in [-0.4, -0.2) is 17.0 Å². The van der Waals surface area contributed by atoms with Crippen LogP contribution in [-0.2, 0) is 0 Å². The highest BCUT2D eigenvalue weighted by Gasteiger charge is 2.12. The topological polar surface area (TPSA) is 37.8 Å². The van der Waals surface area contributed by atoms with Crippen molar-refractivity contribution in [2.45, 2.75) is 6.92 Å². The highest BCUT2D eigenvalue weighted by atomic mass is 32.1. The summed E-state index contributed by atoms with van der Waals surface area (Å²) in [6, 6.07) is 12.3. The molecule has 0 spiro atoms. The number of thiophene rings is 1. The molecule has 100 valence electrons. The molecule has 2 heterocycles. The quantitative estimate of drug-likeness (QED) is 0.781. The monoisotopic (exact) mass is 281 g/mol. The third kappa shape index (κ3) is 2.30. The van der Waals surface area contributed by atoms with E-state index in [1.54, 1.807) is 11.3 Å². The Labute approximate surface area is 122 Å². The van der Waals surface area contributed by atoms with Gasteiger partial charge in [-0.15, -0.1) is 0 Å². The summed E-state index contributed by atoms with van der Waals surface area (Å²) in [4.78, 5) is 9.35. The Balaban J connectivity index is 2.21. The second kappa shape index (κ2) is 5.43. The summed E-state index contributed by atoms with van der Waals surface area (Å²) >= 11 is 1.65. The van der Waals surface area contributed by atoms with E-state index >= 15 is 0 Å². The highest BCUT2D eigenvalue weighted by molar-refractivity contribution is 7.08. The van der Waals surface area contributed by atoms with Crippen LogP contribution in [0, 0.1) is 6.92 Å². The zero-order valence-corrected chi connectivity index (χ0v) is 12.2. The first-order valence-electron chi connectivity index (χ1n) is 6.44. The molecule has 1 N–H and O–H groups in total. The van der Waals surface area contributed by atoms with Gasteiger partial charge in [0.05, 0.1) is 5.69 Å². The van der Waals surface area contributed by atoms with Gasteiger partial charge in [0.1, 0.15) is 5.82 Å². The molecule has 0 bridgehead atoms. The van der Waals surface area contributed by atoms with Crippen LogP contribution in [0.2, 0.25) is 0 Å². The van der Waals surface area contributed by atoms with Gasteiger partial charge in [0.25, 0.3) is 0 Å². The second-order valence-electron chi connectivity index (χ2n) is 4.50. The maximum Gasteiger partial charge on any atom is 0.162 e. The Morgan fingerprint density at radius 2 is 1.80 bits per heavy atom. The first kappa shape index (κ1) is 12.8. The molecule has 2 aromatic heterocycles. The highest BCUT2D eigenvalue weighted by Crippen LogP contribution is 2.29. The number of nitrogens with one attached hydrogen (secondary N) is 1. The molecule has 3 nitrogen and oxygen atoms in total. The summed E-state index contributed by atoms with van der Waals surface area (Å²) in [7, 11) is 1.89. The number of nitrogens with zero attached hydrogens (tertiary/aromatic N) is 2. The molecule has 1 aromatic carbocycles. The molecule has 4 heteroatoms. The van der Waals surface area contributed by atoms with Gasteiger partial charge in [-0.3, -0.25) is 0 Å². The molecule has 0 aliphatic carbocycles. The van der Waals surface area contributed by atoms with Crippen LogP contribution in [0.3, 0.4) is 0 Å². The van der Waals surface area contributed by atoms with Crippen LogP contribution >= 0.6 is 11.3 Å². The second-order valence-corrected chi connectivity index (χ2v) is 5.28. The zero-order chi connectivity index (χ0) is 13.9. The Hall–Kier alpha value is -2.20. The molecule has 0 amide bonds. The van der Waals surface area contributed by atoms with Gasteiger partial charge in [0.2, 0.25) is 0 Å².